The molecule has 0 bridgehead atoms. The predicted octanol–water partition coefficient (Wildman–Crippen LogP) is 8.12. The van der Waals surface area contributed by atoms with Crippen LogP contribution in [0, 0.1) is 12.3 Å². The van der Waals surface area contributed by atoms with E-state index in [9.17, 15) is 15.0 Å². The van der Waals surface area contributed by atoms with E-state index in [0.29, 0.717) is 37.4 Å². The first-order valence-electron chi connectivity index (χ1n) is 15.5. The number of hydrogen-bond acceptors (Lipinski definition) is 8. The summed E-state index contributed by atoms with van der Waals surface area (Å²) in [5.41, 5.74) is 4.26. The van der Waals surface area contributed by atoms with E-state index in [1.165, 1.54) is 12.4 Å². The van der Waals surface area contributed by atoms with Crippen LogP contribution in [0.15, 0.2) is 72.1 Å². The minimum Gasteiger partial charge on any atom is -0.505 e. The van der Waals surface area contributed by atoms with Gasteiger partial charge in [0.05, 0.1) is 35.4 Å². The lowest BCUT2D eigenvalue weighted by molar-refractivity contribution is -0.151. The number of carbonyl (C=O) groups is 1. The van der Waals surface area contributed by atoms with Gasteiger partial charge in [0.15, 0.2) is 11.6 Å². The number of hydrogen-bond donors (Lipinski definition) is 3. The zero-order valence-corrected chi connectivity index (χ0v) is 28.0. The summed E-state index contributed by atoms with van der Waals surface area (Å²) >= 11 is 1.74. The number of aryl methyl sites for hydroxylation is 1. The Bertz CT molecular complexity index is 1790. The summed E-state index contributed by atoms with van der Waals surface area (Å²) in [5.74, 6) is 0.0735. The van der Waals surface area contributed by atoms with Gasteiger partial charge in [-0.05, 0) is 49.9 Å². The largest absolute Gasteiger partial charge is 0.505 e. The number of rotatable bonds is 12. The molecule has 0 aliphatic carbocycles. The van der Waals surface area contributed by atoms with Crippen molar-refractivity contribution >= 4 is 28.6 Å². The van der Waals surface area contributed by atoms with Crippen molar-refractivity contribution in [2.24, 2.45) is 5.41 Å². The summed E-state index contributed by atoms with van der Waals surface area (Å²) < 4.78 is 6.01. The molecule has 240 valence electrons. The van der Waals surface area contributed by atoms with Gasteiger partial charge >= 0.3 is 5.97 Å². The number of carboxylic acid groups (broad SMARTS) is 1. The van der Waals surface area contributed by atoms with Crippen LogP contribution >= 0.6 is 11.8 Å². The topological polar surface area (TPSA) is 134 Å². The Kier molecular flexibility index (Phi) is 9.67. The lowest BCUT2D eigenvalue weighted by Crippen LogP contribution is -2.38. The minimum atomic E-state index is -1.00. The van der Waals surface area contributed by atoms with E-state index in [2.05, 4.69) is 45.7 Å². The third-order valence-corrected chi connectivity index (χ3v) is 9.63. The van der Waals surface area contributed by atoms with Gasteiger partial charge in [0, 0.05) is 43.9 Å². The molecule has 0 aliphatic heterocycles. The average molecular weight is 640 g/mol. The lowest BCUT2D eigenvalue weighted by atomic mass is 9.67. The van der Waals surface area contributed by atoms with Gasteiger partial charge in [0.25, 0.3) is 0 Å². The first-order chi connectivity index (χ1) is 21.9. The number of nitrogens with zero attached hydrogens (tertiary/aromatic N) is 4. The smallest absolute Gasteiger partial charge is 0.310 e. The third-order valence-electron chi connectivity index (χ3n) is 8.37. The van der Waals surface area contributed by atoms with E-state index in [1.54, 1.807) is 24.2 Å². The summed E-state index contributed by atoms with van der Waals surface area (Å²) in [6, 6.07) is 13.9. The van der Waals surface area contributed by atoms with Crippen molar-refractivity contribution < 1.29 is 19.7 Å². The minimum absolute atomic E-state index is 0.00822. The van der Waals surface area contributed by atoms with Crippen LogP contribution < -0.4 is 4.74 Å². The van der Waals surface area contributed by atoms with E-state index in [4.69, 9.17) is 4.74 Å². The fourth-order valence-electron chi connectivity index (χ4n) is 5.83. The van der Waals surface area contributed by atoms with Gasteiger partial charge in [0.2, 0.25) is 0 Å². The van der Waals surface area contributed by atoms with Gasteiger partial charge in [-0.1, -0.05) is 58.9 Å². The van der Waals surface area contributed by atoms with Crippen LogP contribution in [0.2, 0.25) is 0 Å². The van der Waals surface area contributed by atoms with Crippen molar-refractivity contribution in [1.82, 2.24) is 24.9 Å². The van der Waals surface area contributed by atoms with Gasteiger partial charge in [-0.2, -0.15) is 0 Å². The molecular weight excluding hydrogens is 598 g/mol. The maximum atomic E-state index is 13.2. The number of ether oxygens (including phenoxy) is 1. The van der Waals surface area contributed by atoms with E-state index in [0.717, 1.165) is 44.0 Å². The number of benzene rings is 2. The van der Waals surface area contributed by atoms with E-state index < -0.39 is 11.4 Å². The van der Waals surface area contributed by atoms with Crippen molar-refractivity contribution in [2.45, 2.75) is 83.0 Å². The summed E-state index contributed by atoms with van der Waals surface area (Å²) in [7, 11) is 0. The molecule has 10 heteroatoms. The molecule has 0 fully saturated rings. The highest BCUT2D eigenvalue weighted by Gasteiger charge is 2.45. The molecule has 1 atom stereocenters. The Morgan fingerprint density at radius 2 is 1.65 bits per heavy atom. The highest BCUT2D eigenvalue weighted by Crippen LogP contribution is 2.50. The highest BCUT2D eigenvalue weighted by atomic mass is 32.2. The Labute approximate surface area is 273 Å². The van der Waals surface area contributed by atoms with E-state index >= 15 is 0 Å². The molecule has 46 heavy (non-hydrogen) atoms. The summed E-state index contributed by atoms with van der Waals surface area (Å²) in [6.07, 6.45) is 7.65. The molecule has 0 spiro atoms. The van der Waals surface area contributed by atoms with Crippen LogP contribution in [0.3, 0.4) is 0 Å². The van der Waals surface area contributed by atoms with Crippen LogP contribution in [0.25, 0.3) is 22.3 Å². The number of aliphatic carboxylic acids is 1. The molecule has 5 rings (SSSR count). The van der Waals surface area contributed by atoms with E-state index in [1.807, 2.05) is 63.2 Å². The number of aromatic hydroxyl groups is 1. The van der Waals surface area contributed by atoms with Crippen molar-refractivity contribution in [2.75, 3.05) is 0 Å². The van der Waals surface area contributed by atoms with Crippen molar-refractivity contribution in [1.29, 1.82) is 0 Å². The zero-order valence-electron chi connectivity index (χ0n) is 27.2. The number of nitrogens with one attached hydrogen (secondary N) is 1. The normalized spacial score (nSPS) is 12.7. The highest BCUT2D eigenvalue weighted by molar-refractivity contribution is 8.00. The second-order valence-corrected chi connectivity index (χ2v) is 14.5. The molecule has 0 radical (unpaired) electrons. The molecule has 3 N–H and O–H groups in total. The van der Waals surface area contributed by atoms with Gasteiger partial charge in [-0.15, -0.1) is 11.8 Å². The van der Waals surface area contributed by atoms with Gasteiger partial charge in [-0.25, -0.2) is 9.97 Å². The zero-order chi connectivity index (χ0) is 33.1. The average Bonchev–Trinajstić information content (AvgIpc) is 3.37. The lowest BCUT2D eigenvalue weighted by Gasteiger charge is -2.36. The summed E-state index contributed by atoms with van der Waals surface area (Å²) in [5, 5.41) is 21.4. The first kappa shape index (κ1) is 32.9. The Morgan fingerprint density at radius 1 is 0.957 bits per heavy atom. The first-order valence-corrected chi connectivity index (χ1v) is 16.3. The predicted molar refractivity (Wildman–Crippen MR) is 181 cm³/mol. The fraction of sp³-hybridized carbons (Fsp3) is 0.361. The van der Waals surface area contributed by atoms with Crippen molar-refractivity contribution in [3.63, 3.8) is 0 Å². The molecule has 0 amide bonds. The number of thioether (sulfide) groups is 1. The van der Waals surface area contributed by atoms with Crippen molar-refractivity contribution in [3.05, 3.63) is 89.9 Å². The Balaban J connectivity index is 1.58. The van der Waals surface area contributed by atoms with Gasteiger partial charge < -0.3 is 19.9 Å². The Hall–Kier alpha value is -4.44. The maximum Gasteiger partial charge on any atom is 0.310 e. The number of aromatic nitrogens is 5. The monoisotopic (exact) mass is 639 g/mol. The number of H-pyrrole nitrogens is 1. The van der Waals surface area contributed by atoms with Crippen LogP contribution in [-0.4, -0.2) is 45.8 Å². The van der Waals surface area contributed by atoms with Crippen molar-refractivity contribution in [3.8, 4) is 22.9 Å². The van der Waals surface area contributed by atoms with Crippen LogP contribution in [0.4, 0.5) is 0 Å². The molecule has 0 aliphatic rings. The second kappa shape index (κ2) is 13.5. The molecule has 9 nitrogen and oxygen atoms in total. The quantitative estimate of drug-likeness (QED) is 0.116. The summed E-state index contributed by atoms with van der Waals surface area (Å²) in [6.45, 7) is 12.6. The molecule has 2 aromatic carbocycles. The molecule has 0 saturated heterocycles. The van der Waals surface area contributed by atoms with Crippen LogP contribution in [0.1, 0.15) is 76.0 Å². The molecular formula is C36H41N5O4S. The molecule has 1 unspecified atom stereocenters. The molecule has 3 heterocycles. The maximum absolute atomic E-state index is 13.2. The third kappa shape index (κ3) is 7.17. The number of aromatic amines is 1. The molecule has 0 saturated carbocycles. The van der Waals surface area contributed by atoms with Gasteiger partial charge in [-0.3, -0.25) is 14.8 Å². The Morgan fingerprint density at radius 3 is 2.24 bits per heavy atom. The SMILES string of the molecule is CCC(CC)(C(=O)O)C(Cc1ccc(-c2ncc(O)cn2)cc1)c1[nH]c2ccc(OCc3cnc(C)cn3)cc2c1SC(C)(C)C. The van der Waals surface area contributed by atoms with Crippen LogP contribution in [-0.2, 0) is 17.8 Å². The number of fused-ring (bicyclic) bond motifs is 1. The second-order valence-electron chi connectivity index (χ2n) is 12.6. The van der Waals surface area contributed by atoms with Crippen LogP contribution in [0.5, 0.6) is 11.5 Å². The number of carboxylic acids is 1. The molecule has 5 aromatic rings. The van der Waals surface area contributed by atoms with Gasteiger partial charge in [0.1, 0.15) is 12.4 Å². The standard InChI is InChI=1S/C36H41N5O4S/c1-7-36(8-2,34(43)44)29(15-23-9-11-24(12-10-23)33-39-19-26(42)20-40-33)31-32(46-35(4,5)6)28-16-27(13-14-30(28)41-31)45-21-25-18-37-22(3)17-38-25/h9-14,16-20,29,41-42H,7-8,15,21H2,1-6H3,(H,43,44). The summed E-state index contributed by atoms with van der Waals surface area (Å²) in [4.78, 5) is 35.1. The molecule has 3 aromatic heterocycles. The fourth-order valence-corrected chi connectivity index (χ4v) is 7.03. The van der Waals surface area contributed by atoms with E-state index in [-0.39, 0.29) is 16.4 Å².